The minimum Gasteiger partial charge on any atom is -0.300 e. The molecule has 0 fully saturated rings. The Morgan fingerprint density at radius 2 is 2.25 bits per heavy atom. The van der Waals surface area contributed by atoms with E-state index >= 15 is 0 Å². The molecular weight excluding hydrogens is 104 g/mol. The summed E-state index contributed by atoms with van der Waals surface area (Å²) in [5, 5.41) is 0. The second kappa shape index (κ2) is 4.41. The largest absolute Gasteiger partial charge is 0.506 e. The van der Waals surface area contributed by atoms with E-state index in [1.807, 2.05) is 0 Å². The summed E-state index contributed by atoms with van der Waals surface area (Å²) >= 11 is 0. The van der Waals surface area contributed by atoms with Crippen molar-refractivity contribution in [1.82, 2.24) is 0 Å². The van der Waals surface area contributed by atoms with Crippen molar-refractivity contribution in [2.45, 2.75) is 26.2 Å². The number of Topliss-reactive ketones (excluding diaryl/α,β-unsaturated/α-hetero) is 1. The molecule has 0 aliphatic carbocycles. The molecule has 0 saturated carbocycles. The first-order valence-corrected chi connectivity index (χ1v) is 2.62. The van der Waals surface area contributed by atoms with Gasteiger partial charge in [-0.25, -0.2) is 0 Å². The van der Waals surface area contributed by atoms with Crippen LogP contribution in [-0.4, -0.2) is 12.1 Å². The number of rotatable bonds is 4. The third-order valence-corrected chi connectivity index (χ3v) is 0.808. The summed E-state index contributed by atoms with van der Waals surface area (Å²) in [6.07, 6.45) is 3.27. The Morgan fingerprint density at radius 1 is 1.62 bits per heavy atom. The minimum atomic E-state index is 0.139. The van der Waals surface area contributed by atoms with Gasteiger partial charge in [0.25, 0.3) is 0 Å². The van der Waals surface area contributed by atoms with E-state index in [1.54, 1.807) is 6.29 Å². The molecule has 0 aromatic heterocycles. The number of unbranched alkanes of at least 4 members (excludes halogenated alkanes) is 1. The highest BCUT2D eigenvalue weighted by atomic mass is 16.1. The summed E-state index contributed by atoms with van der Waals surface area (Å²) in [4.78, 5) is 19.7. The summed E-state index contributed by atoms with van der Waals surface area (Å²) in [6.45, 7) is 1.52. The van der Waals surface area contributed by atoms with E-state index in [0.717, 1.165) is 0 Å². The average Bonchev–Trinajstić information content (AvgIpc) is 1.66. The van der Waals surface area contributed by atoms with E-state index in [4.69, 9.17) is 0 Å². The van der Waals surface area contributed by atoms with Gasteiger partial charge in [-0.2, -0.15) is 0 Å². The minimum absolute atomic E-state index is 0.139. The first-order chi connectivity index (χ1) is 3.77. The Labute approximate surface area is 48.9 Å². The standard InChI is InChI=1S/C6H9O2/c1-6(8)4-2-3-5-7/h2-4H2,1H3/q+1. The molecule has 0 saturated heterocycles. The van der Waals surface area contributed by atoms with Gasteiger partial charge in [-0.3, -0.25) is 0 Å². The van der Waals surface area contributed by atoms with Gasteiger partial charge in [0.1, 0.15) is 5.78 Å². The molecule has 2 nitrogen and oxygen atoms in total. The highest BCUT2D eigenvalue weighted by Gasteiger charge is 1.99. The fourth-order valence-electron chi connectivity index (χ4n) is 0.410. The zero-order valence-electron chi connectivity index (χ0n) is 4.94. The molecule has 0 heterocycles. The monoisotopic (exact) mass is 113 g/mol. The number of ketones is 1. The summed E-state index contributed by atoms with van der Waals surface area (Å²) in [6, 6.07) is 0. The first kappa shape index (κ1) is 7.25. The molecule has 0 unspecified atom stereocenters. The highest BCUT2D eigenvalue weighted by Crippen LogP contribution is 1.91. The third kappa shape index (κ3) is 5.25. The van der Waals surface area contributed by atoms with Gasteiger partial charge < -0.3 is 4.79 Å². The lowest BCUT2D eigenvalue weighted by Crippen LogP contribution is -1.88. The molecule has 0 bridgehead atoms. The van der Waals surface area contributed by atoms with Crippen molar-refractivity contribution in [3.8, 4) is 0 Å². The van der Waals surface area contributed by atoms with E-state index < -0.39 is 0 Å². The molecule has 0 rings (SSSR count). The lowest BCUT2D eigenvalue weighted by Gasteiger charge is -1.80. The van der Waals surface area contributed by atoms with Gasteiger partial charge in [-0.15, -0.1) is 0 Å². The lowest BCUT2D eigenvalue weighted by molar-refractivity contribution is -0.117. The van der Waals surface area contributed by atoms with Gasteiger partial charge in [0.2, 0.25) is 6.42 Å². The van der Waals surface area contributed by atoms with Crippen LogP contribution in [0.1, 0.15) is 26.2 Å². The maximum absolute atomic E-state index is 10.2. The highest BCUT2D eigenvalue weighted by molar-refractivity contribution is 5.75. The van der Waals surface area contributed by atoms with Crippen LogP contribution < -0.4 is 0 Å². The zero-order valence-corrected chi connectivity index (χ0v) is 4.94. The van der Waals surface area contributed by atoms with Gasteiger partial charge in [-0.05, 0) is 6.92 Å². The van der Waals surface area contributed by atoms with Crippen molar-refractivity contribution >= 4 is 12.1 Å². The molecule has 0 aliphatic rings. The molecule has 0 aromatic carbocycles. The van der Waals surface area contributed by atoms with Crippen molar-refractivity contribution in [1.29, 1.82) is 0 Å². The molecule has 0 radical (unpaired) electrons. The van der Waals surface area contributed by atoms with E-state index in [1.165, 1.54) is 6.92 Å². The van der Waals surface area contributed by atoms with Crippen LogP contribution in [0.15, 0.2) is 0 Å². The summed E-state index contributed by atoms with van der Waals surface area (Å²) in [5.41, 5.74) is 0. The molecule has 0 N–H and O–H groups in total. The quantitative estimate of drug-likeness (QED) is 0.400. The maximum atomic E-state index is 10.2. The number of hydrogen-bond donors (Lipinski definition) is 0. The van der Waals surface area contributed by atoms with Crippen molar-refractivity contribution < 1.29 is 9.59 Å². The lowest BCUT2D eigenvalue weighted by atomic mass is 10.2. The summed E-state index contributed by atoms with van der Waals surface area (Å²) in [5.74, 6) is 0.139. The van der Waals surface area contributed by atoms with E-state index in [9.17, 15) is 9.59 Å². The Morgan fingerprint density at radius 3 is 2.62 bits per heavy atom. The van der Waals surface area contributed by atoms with Gasteiger partial charge in [0.15, 0.2) is 0 Å². The van der Waals surface area contributed by atoms with Crippen LogP contribution in [0.25, 0.3) is 0 Å². The van der Waals surface area contributed by atoms with E-state index in [2.05, 4.69) is 0 Å². The predicted molar refractivity (Wildman–Crippen MR) is 30.2 cm³/mol. The topological polar surface area (TPSA) is 34.1 Å². The molecular formula is C6H9O2+. The van der Waals surface area contributed by atoms with Crippen LogP contribution in [-0.2, 0) is 9.59 Å². The average molecular weight is 113 g/mol. The Kier molecular flexibility index (Phi) is 4.00. The van der Waals surface area contributed by atoms with Crippen molar-refractivity contribution in [3.05, 3.63) is 0 Å². The van der Waals surface area contributed by atoms with Crippen molar-refractivity contribution in [2.75, 3.05) is 0 Å². The van der Waals surface area contributed by atoms with Crippen LogP contribution in [0.4, 0.5) is 0 Å². The second-order valence-electron chi connectivity index (χ2n) is 1.70. The van der Waals surface area contributed by atoms with Gasteiger partial charge in [-0.1, -0.05) is 0 Å². The van der Waals surface area contributed by atoms with E-state index in [-0.39, 0.29) is 5.78 Å². The fourth-order valence-corrected chi connectivity index (χ4v) is 0.410. The van der Waals surface area contributed by atoms with Crippen LogP contribution >= 0.6 is 0 Å². The Hall–Kier alpha value is -0.750. The summed E-state index contributed by atoms with van der Waals surface area (Å²) in [7, 11) is 0. The smallest absolute Gasteiger partial charge is 0.300 e. The normalized spacial score (nSPS) is 8.12. The summed E-state index contributed by atoms with van der Waals surface area (Å²) < 4.78 is 0. The number of carbonyl (C=O) groups excluding carboxylic acids is 2. The van der Waals surface area contributed by atoms with E-state index in [0.29, 0.717) is 19.3 Å². The maximum Gasteiger partial charge on any atom is 0.506 e. The molecule has 0 aliphatic heterocycles. The number of hydrogen-bond acceptors (Lipinski definition) is 2. The van der Waals surface area contributed by atoms with Gasteiger partial charge >= 0.3 is 6.29 Å². The zero-order chi connectivity index (χ0) is 6.41. The molecule has 0 amide bonds. The van der Waals surface area contributed by atoms with Crippen LogP contribution in [0.5, 0.6) is 0 Å². The Bertz CT molecular complexity index is 86.5. The first-order valence-electron chi connectivity index (χ1n) is 2.62. The predicted octanol–water partition coefficient (Wildman–Crippen LogP) is 0.855. The molecule has 2 heteroatoms. The van der Waals surface area contributed by atoms with Crippen molar-refractivity contribution in [3.63, 3.8) is 0 Å². The third-order valence-electron chi connectivity index (χ3n) is 0.808. The van der Waals surface area contributed by atoms with Crippen LogP contribution in [0.2, 0.25) is 0 Å². The second-order valence-corrected chi connectivity index (χ2v) is 1.70. The molecule has 0 atom stereocenters. The van der Waals surface area contributed by atoms with Crippen LogP contribution in [0.3, 0.4) is 0 Å². The molecule has 0 spiro atoms. The fraction of sp³-hybridized carbons (Fsp3) is 0.667. The van der Waals surface area contributed by atoms with Crippen LogP contribution in [0, 0.1) is 0 Å². The Balaban J connectivity index is 2.93. The van der Waals surface area contributed by atoms with Crippen molar-refractivity contribution in [2.24, 2.45) is 0 Å². The number of carbonyl (C=O) groups is 1. The molecule has 8 heavy (non-hydrogen) atoms. The van der Waals surface area contributed by atoms with Gasteiger partial charge in [0, 0.05) is 17.6 Å². The SMILES string of the molecule is CC(=O)CCC[C+]=O. The molecule has 0 aromatic rings. The molecule has 44 valence electrons. The van der Waals surface area contributed by atoms with Gasteiger partial charge in [0.05, 0.1) is 0 Å².